The van der Waals surface area contributed by atoms with E-state index in [9.17, 15) is 0 Å². The van der Waals surface area contributed by atoms with Crippen LogP contribution in [0.1, 0.15) is 51.1 Å². The highest BCUT2D eigenvalue weighted by atomic mass is 127. The first kappa shape index (κ1) is 27.0. The number of hydrogen-bond acceptors (Lipinski definition) is 4. The molecule has 1 aromatic carbocycles. The van der Waals surface area contributed by atoms with E-state index in [1.165, 1.54) is 24.8 Å². The Labute approximate surface area is 200 Å². The van der Waals surface area contributed by atoms with E-state index < -0.39 is 0 Å². The van der Waals surface area contributed by atoms with E-state index >= 15 is 0 Å². The van der Waals surface area contributed by atoms with Gasteiger partial charge in [-0.1, -0.05) is 18.2 Å². The predicted molar refractivity (Wildman–Crippen MR) is 138 cm³/mol. The zero-order chi connectivity index (χ0) is 21.1. The highest BCUT2D eigenvalue weighted by Gasteiger charge is 2.25. The number of ether oxygens (including phenoxy) is 1. The molecule has 1 heterocycles. The van der Waals surface area contributed by atoms with Gasteiger partial charge >= 0.3 is 0 Å². The fraction of sp³-hybridized carbons (Fsp3) is 0.696. The Morgan fingerprint density at radius 2 is 1.87 bits per heavy atom. The van der Waals surface area contributed by atoms with Gasteiger partial charge in [-0.25, -0.2) is 0 Å². The molecular formula is C23H42IN5O. The molecule has 1 saturated heterocycles. The number of halogens is 1. The van der Waals surface area contributed by atoms with Gasteiger partial charge in [0.1, 0.15) is 5.75 Å². The average molecular weight is 532 g/mol. The van der Waals surface area contributed by atoms with Gasteiger partial charge in [0.2, 0.25) is 0 Å². The molecule has 1 fully saturated rings. The summed E-state index contributed by atoms with van der Waals surface area (Å²) in [6.07, 6.45) is 4.86. The molecule has 1 aliphatic heterocycles. The third-order valence-corrected chi connectivity index (χ3v) is 5.88. The van der Waals surface area contributed by atoms with Crippen molar-refractivity contribution in [3.63, 3.8) is 0 Å². The molecule has 2 N–H and O–H groups in total. The molecule has 0 amide bonds. The van der Waals surface area contributed by atoms with Gasteiger partial charge in [-0.15, -0.1) is 24.0 Å². The van der Waals surface area contributed by atoms with Crippen molar-refractivity contribution < 1.29 is 4.74 Å². The Kier molecular flexibility index (Phi) is 13.4. The van der Waals surface area contributed by atoms with Crippen molar-refractivity contribution >= 4 is 29.9 Å². The fourth-order valence-electron chi connectivity index (χ4n) is 3.80. The standard InChI is InChI=1S/C23H41N5O.HI/c1-19(2)27(4)15-9-8-14-25-23(24-3)26-18-21(28-16-10-11-17-28)20-12-6-7-13-22(20)29-5;/h6-7,12-13,19,21H,8-11,14-18H2,1-5H3,(H2,24,25,26);1H. The van der Waals surface area contributed by atoms with Gasteiger partial charge < -0.3 is 20.3 Å². The molecule has 0 spiro atoms. The van der Waals surface area contributed by atoms with E-state index in [2.05, 4.69) is 64.5 Å². The molecule has 0 radical (unpaired) electrons. The predicted octanol–water partition coefficient (Wildman–Crippen LogP) is 3.74. The lowest BCUT2D eigenvalue weighted by Crippen LogP contribution is -2.43. The number of nitrogens with zero attached hydrogens (tertiary/aromatic N) is 3. The van der Waals surface area contributed by atoms with Crippen molar-refractivity contribution in [1.82, 2.24) is 20.4 Å². The van der Waals surface area contributed by atoms with E-state index in [1.807, 2.05) is 13.1 Å². The Morgan fingerprint density at radius 1 is 1.17 bits per heavy atom. The largest absolute Gasteiger partial charge is 0.496 e. The Hall–Kier alpha value is -1.06. The molecule has 1 aliphatic rings. The zero-order valence-electron chi connectivity index (χ0n) is 19.5. The van der Waals surface area contributed by atoms with Crippen LogP contribution in [0.25, 0.3) is 0 Å². The van der Waals surface area contributed by atoms with E-state index in [0.29, 0.717) is 6.04 Å². The van der Waals surface area contributed by atoms with Crippen LogP contribution >= 0.6 is 24.0 Å². The molecule has 0 saturated carbocycles. The first-order chi connectivity index (χ1) is 14.1. The normalized spacial score (nSPS) is 15.9. The summed E-state index contributed by atoms with van der Waals surface area (Å²) in [4.78, 5) is 9.36. The highest BCUT2D eigenvalue weighted by Crippen LogP contribution is 2.31. The summed E-state index contributed by atoms with van der Waals surface area (Å²) in [5.74, 6) is 1.84. The smallest absolute Gasteiger partial charge is 0.191 e. The zero-order valence-corrected chi connectivity index (χ0v) is 21.8. The van der Waals surface area contributed by atoms with Crippen LogP contribution in [0, 0.1) is 0 Å². The molecular weight excluding hydrogens is 489 g/mol. The van der Waals surface area contributed by atoms with Gasteiger partial charge in [-0.05, 0) is 72.3 Å². The summed E-state index contributed by atoms with van der Waals surface area (Å²) in [6, 6.07) is 9.27. The van der Waals surface area contributed by atoms with Crippen LogP contribution in [0.2, 0.25) is 0 Å². The first-order valence-electron chi connectivity index (χ1n) is 11.1. The number of aliphatic imine (C=N–C) groups is 1. The van der Waals surface area contributed by atoms with Crippen molar-refractivity contribution in [3.05, 3.63) is 29.8 Å². The van der Waals surface area contributed by atoms with Crippen molar-refractivity contribution in [2.75, 3.05) is 53.9 Å². The number of nitrogens with one attached hydrogen (secondary N) is 2. The minimum absolute atomic E-state index is 0. The second-order valence-electron chi connectivity index (χ2n) is 8.16. The minimum atomic E-state index is 0. The average Bonchev–Trinajstić information content (AvgIpc) is 3.26. The number of likely N-dealkylation sites (tertiary alicyclic amines) is 1. The lowest BCUT2D eigenvalue weighted by molar-refractivity contribution is 0.239. The molecule has 1 atom stereocenters. The van der Waals surface area contributed by atoms with Gasteiger partial charge in [-0.3, -0.25) is 9.89 Å². The lowest BCUT2D eigenvalue weighted by atomic mass is 10.0. The number of para-hydroxylation sites is 1. The summed E-state index contributed by atoms with van der Waals surface area (Å²) in [7, 11) is 5.79. The Morgan fingerprint density at radius 3 is 2.50 bits per heavy atom. The van der Waals surface area contributed by atoms with E-state index in [1.54, 1.807) is 7.11 Å². The van der Waals surface area contributed by atoms with Crippen LogP contribution in [0.3, 0.4) is 0 Å². The van der Waals surface area contributed by atoms with Gasteiger partial charge in [0.15, 0.2) is 5.96 Å². The van der Waals surface area contributed by atoms with Crippen LogP contribution < -0.4 is 15.4 Å². The Bertz CT molecular complexity index is 619. The monoisotopic (exact) mass is 531 g/mol. The van der Waals surface area contributed by atoms with E-state index in [4.69, 9.17) is 4.74 Å². The minimum Gasteiger partial charge on any atom is -0.496 e. The number of benzene rings is 1. The number of rotatable bonds is 11. The van der Waals surface area contributed by atoms with Crippen LogP contribution in [-0.2, 0) is 0 Å². The molecule has 7 heteroatoms. The van der Waals surface area contributed by atoms with E-state index in [-0.39, 0.29) is 30.0 Å². The maximum atomic E-state index is 5.64. The Balaban J connectivity index is 0.00000450. The maximum Gasteiger partial charge on any atom is 0.191 e. The first-order valence-corrected chi connectivity index (χ1v) is 11.1. The summed E-state index contributed by atoms with van der Waals surface area (Å²) in [6.45, 7) is 9.64. The maximum absolute atomic E-state index is 5.64. The summed E-state index contributed by atoms with van der Waals surface area (Å²) >= 11 is 0. The molecule has 1 unspecified atom stereocenters. The second kappa shape index (κ2) is 14.9. The molecule has 0 aliphatic carbocycles. The number of methoxy groups -OCH3 is 1. The second-order valence-corrected chi connectivity index (χ2v) is 8.16. The molecule has 30 heavy (non-hydrogen) atoms. The summed E-state index contributed by atoms with van der Waals surface area (Å²) in [5, 5.41) is 7.01. The molecule has 6 nitrogen and oxygen atoms in total. The third-order valence-electron chi connectivity index (χ3n) is 5.88. The molecule has 2 rings (SSSR count). The van der Waals surface area contributed by atoms with Crippen LogP contribution in [0.5, 0.6) is 5.75 Å². The quantitative estimate of drug-likeness (QED) is 0.197. The fourth-order valence-corrected chi connectivity index (χ4v) is 3.80. The number of unbranched alkanes of at least 4 members (excludes halogenated alkanes) is 1. The molecule has 172 valence electrons. The van der Waals surface area contributed by atoms with Gasteiger partial charge in [0, 0.05) is 31.7 Å². The molecule has 0 aromatic heterocycles. The third kappa shape index (κ3) is 8.59. The van der Waals surface area contributed by atoms with Crippen molar-refractivity contribution in [2.24, 2.45) is 4.99 Å². The lowest BCUT2D eigenvalue weighted by Gasteiger charge is -2.30. The summed E-state index contributed by atoms with van der Waals surface area (Å²) in [5.41, 5.74) is 1.25. The van der Waals surface area contributed by atoms with Crippen LogP contribution in [0.15, 0.2) is 29.3 Å². The molecule has 0 bridgehead atoms. The van der Waals surface area contributed by atoms with Gasteiger partial charge in [0.25, 0.3) is 0 Å². The number of guanidine groups is 1. The topological polar surface area (TPSA) is 52.1 Å². The van der Waals surface area contributed by atoms with Crippen molar-refractivity contribution in [2.45, 2.75) is 51.6 Å². The van der Waals surface area contributed by atoms with Crippen molar-refractivity contribution in [3.8, 4) is 5.75 Å². The SMILES string of the molecule is CN=C(NCCCCN(C)C(C)C)NCC(c1ccccc1OC)N1CCCC1.I. The summed E-state index contributed by atoms with van der Waals surface area (Å²) < 4.78 is 5.64. The van der Waals surface area contributed by atoms with Gasteiger partial charge in [0.05, 0.1) is 13.2 Å². The van der Waals surface area contributed by atoms with Gasteiger partial charge in [-0.2, -0.15) is 0 Å². The van der Waals surface area contributed by atoms with Crippen LogP contribution in [0.4, 0.5) is 0 Å². The number of hydrogen-bond donors (Lipinski definition) is 2. The molecule has 1 aromatic rings. The van der Waals surface area contributed by atoms with Crippen molar-refractivity contribution in [1.29, 1.82) is 0 Å². The van der Waals surface area contributed by atoms with E-state index in [0.717, 1.165) is 50.9 Å². The highest BCUT2D eigenvalue weighted by molar-refractivity contribution is 14.0. The van der Waals surface area contributed by atoms with Crippen LogP contribution in [-0.4, -0.2) is 75.7 Å².